The van der Waals surface area contributed by atoms with Gasteiger partial charge in [0, 0.05) is 10.8 Å². The summed E-state index contributed by atoms with van der Waals surface area (Å²) >= 11 is 13.8. The lowest BCUT2D eigenvalue weighted by Gasteiger charge is -2.07. The fourth-order valence-corrected chi connectivity index (χ4v) is 3.58. The molecule has 1 unspecified atom stereocenters. The van der Waals surface area contributed by atoms with Gasteiger partial charge in [-0.2, -0.15) is 0 Å². The number of nitrogens with zero attached hydrogens (tertiary/aromatic N) is 1. The second-order valence-electron chi connectivity index (χ2n) is 4.84. The lowest BCUT2D eigenvalue weighted by atomic mass is 10.1. The Balaban J connectivity index is 1.66. The molecule has 0 bridgehead atoms. The first-order valence-electron chi connectivity index (χ1n) is 6.67. The third-order valence-corrected chi connectivity index (χ3v) is 4.78. The van der Waals surface area contributed by atoms with Gasteiger partial charge in [0.25, 0.3) is 0 Å². The molecule has 2 nitrogen and oxygen atoms in total. The fourth-order valence-electron chi connectivity index (χ4n) is 2.18. The molecule has 0 amide bonds. The maximum absolute atomic E-state index is 6.16. The van der Waals surface area contributed by atoms with Crippen molar-refractivity contribution in [2.45, 2.75) is 12.5 Å². The summed E-state index contributed by atoms with van der Waals surface area (Å²) in [4.78, 5) is 4.72. The first kappa shape index (κ1) is 14.8. The van der Waals surface area contributed by atoms with Crippen molar-refractivity contribution in [2.24, 2.45) is 4.99 Å². The first-order chi connectivity index (χ1) is 10.2. The van der Waals surface area contributed by atoms with Crippen molar-refractivity contribution in [1.82, 2.24) is 0 Å². The van der Waals surface area contributed by atoms with E-state index in [0.717, 1.165) is 23.0 Å². The Morgan fingerprint density at radius 2 is 1.95 bits per heavy atom. The van der Waals surface area contributed by atoms with Crippen LogP contribution in [-0.2, 0) is 6.42 Å². The lowest BCUT2D eigenvalue weighted by molar-refractivity contribution is 0.762. The molecule has 1 aliphatic heterocycles. The molecule has 0 saturated heterocycles. The maximum atomic E-state index is 6.16. The SMILES string of the molecule is Clc1ccc(NC2=NC(Cc3ccccc3)CS2)c(Cl)c1. The van der Waals surface area contributed by atoms with E-state index in [4.69, 9.17) is 28.2 Å². The smallest absolute Gasteiger partial charge is 0.161 e. The van der Waals surface area contributed by atoms with Crippen LogP contribution < -0.4 is 5.32 Å². The summed E-state index contributed by atoms with van der Waals surface area (Å²) in [5.74, 6) is 0.989. The number of thioether (sulfide) groups is 1. The highest BCUT2D eigenvalue weighted by Gasteiger charge is 2.19. The number of halogens is 2. The fraction of sp³-hybridized carbons (Fsp3) is 0.188. The molecule has 0 spiro atoms. The quantitative estimate of drug-likeness (QED) is 0.841. The Morgan fingerprint density at radius 1 is 1.14 bits per heavy atom. The number of hydrogen-bond acceptors (Lipinski definition) is 3. The predicted molar refractivity (Wildman–Crippen MR) is 93.9 cm³/mol. The van der Waals surface area contributed by atoms with Crippen LogP contribution in [-0.4, -0.2) is 17.0 Å². The summed E-state index contributed by atoms with van der Waals surface area (Å²) < 4.78 is 0. The van der Waals surface area contributed by atoms with E-state index >= 15 is 0 Å². The van der Waals surface area contributed by atoms with E-state index in [9.17, 15) is 0 Å². The molecule has 3 rings (SSSR count). The minimum absolute atomic E-state index is 0.311. The van der Waals surface area contributed by atoms with Crippen molar-refractivity contribution in [3.8, 4) is 0 Å². The van der Waals surface area contributed by atoms with Gasteiger partial charge in [-0.05, 0) is 30.2 Å². The van der Waals surface area contributed by atoms with E-state index in [0.29, 0.717) is 16.1 Å². The predicted octanol–water partition coefficient (Wildman–Crippen LogP) is 5.12. The van der Waals surface area contributed by atoms with Gasteiger partial charge in [0.05, 0.1) is 16.8 Å². The molecule has 1 aliphatic rings. The molecule has 0 radical (unpaired) electrons. The highest BCUT2D eigenvalue weighted by atomic mass is 35.5. The number of anilines is 1. The number of benzene rings is 2. The standard InChI is InChI=1S/C16H14Cl2N2S/c17-12-6-7-15(14(18)9-12)20-16-19-13(10-21-16)8-11-4-2-1-3-5-11/h1-7,9,13H,8,10H2,(H,19,20). The van der Waals surface area contributed by atoms with Crippen LogP contribution in [0.3, 0.4) is 0 Å². The van der Waals surface area contributed by atoms with Crippen LogP contribution in [0.25, 0.3) is 0 Å². The zero-order valence-electron chi connectivity index (χ0n) is 11.2. The van der Waals surface area contributed by atoms with E-state index in [-0.39, 0.29) is 0 Å². The second-order valence-corrected chi connectivity index (χ2v) is 6.69. The summed E-state index contributed by atoms with van der Waals surface area (Å²) in [5, 5.41) is 5.43. The molecule has 21 heavy (non-hydrogen) atoms. The Morgan fingerprint density at radius 3 is 2.71 bits per heavy atom. The van der Waals surface area contributed by atoms with E-state index in [1.54, 1.807) is 17.8 Å². The highest BCUT2D eigenvalue weighted by molar-refractivity contribution is 8.14. The van der Waals surface area contributed by atoms with Crippen molar-refractivity contribution >= 4 is 45.8 Å². The minimum Gasteiger partial charge on any atom is -0.334 e. The topological polar surface area (TPSA) is 24.4 Å². The molecule has 1 atom stereocenters. The van der Waals surface area contributed by atoms with Crippen LogP contribution in [0.2, 0.25) is 10.0 Å². The molecule has 0 saturated carbocycles. The average Bonchev–Trinajstić information content (AvgIpc) is 2.90. The normalized spacial score (nSPS) is 17.6. The molecule has 0 fully saturated rings. The van der Waals surface area contributed by atoms with Crippen LogP contribution in [0, 0.1) is 0 Å². The van der Waals surface area contributed by atoms with Gasteiger partial charge in [-0.25, -0.2) is 0 Å². The maximum Gasteiger partial charge on any atom is 0.161 e. The molecular formula is C16H14Cl2N2S. The zero-order chi connectivity index (χ0) is 14.7. The van der Waals surface area contributed by atoms with E-state index in [1.807, 2.05) is 18.2 Å². The molecule has 0 aliphatic carbocycles. The van der Waals surface area contributed by atoms with E-state index in [1.165, 1.54) is 5.56 Å². The summed E-state index contributed by atoms with van der Waals surface area (Å²) in [5.41, 5.74) is 2.16. The minimum atomic E-state index is 0.311. The van der Waals surface area contributed by atoms with Gasteiger partial charge in [0.2, 0.25) is 0 Å². The Kier molecular flexibility index (Phi) is 4.73. The molecule has 1 heterocycles. The summed E-state index contributed by atoms with van der Waals surface area (Å²) in [6.07, 6.45) is 0.966. The molecule has 108 valence electrons. The van der Waals surface area contributed by atoms with Crippen LogP contribution in [0.5, 0.6) is 0 Å². The second kappa shape index (κ2) is 6.73. The molecule has 0 aromatic heterocycles. The van der Waals surface area contributed by atoms with Gasteiger partial charge in [0.15, 0.2) is 5.17 Å². The molecule has 5 heteroatoms. The Bertz CT molecular complexity index is 659. The van der Waals surface area contributed by atoms with Gasteiger partial charge in [-0.1, -0.05) is 65.3 Å². The van der Waals surface area contributed by atoms with E-state index < -0.39 is 0 Å². The zero-order valence-corrected chi connectivity index (χ0v) is 13.6. The number of amidine groups is 1. The summed E-state index contributed by atoms with van der Waals surface area (Å²) in [6.45, 7) is 0. The van der Waals surface area contributed by atoms with Crippen molar-refractivity contribution in [1.29, 1.82) is 0 Å². The van der Waals surface area contributed by atoms with Crippen LogP contribution >= 0.6 is 35.0 Å². The van der Waals surface area contributed by atoms with Crippen molar-refractivity contribution in [2.75, 3.05) is 11.1 Å². The third kappa shape index (κ3) is 3.94. The molecule has 2 aromatic carbocycles. The number of rotatable bonds is 3. The van der Waals surface area contributed by atoms with Gasteiger partial charge < -0.3 is 5.32 Å². The van der Waals surface area contributed by atoms with Crippen LogP contribution in [0.4, 0.5) is 5.69 Å². The summed E-state index contributed by atoms with van der Waals surface area (Å²) in [7, 11) is 0. The number of nitrogens with one attached hydrogen (secondary N) is 1. The average molecular weight is 337 g/mol. The van der Waals surface area contributed by atoms with Gasteiger partial charge >= 0.3 is 0 Å². The van der Waals surface area contributed by atoms with Crippen molar-refractivity contribution in [3.63, 3.8) is 0 Å². The molecule has 1 N–H and O–H groups in total. The van der Waals surface area contributed by atoms with Gasteiger partial charge in [-0.15, -0.1) is 0 Å². The third-order valence-electron chi connectivity index (χ3n) is 3.20. The van der Waals surface area contributed by atoms with Gasteiger partial charge in [-0.3, -0.25) is 4.99 Å². The van der Waals surface area contributed by atoms with Crippen LogP contribution in [0.1, 0.15) is 5.56 Å². The number of aliphatic imine (C=N–C) groups is 1. The molecule has 2 aromatic rings. The summed E-state index contributed by atoms with van der Waals surface area (Å²) in [6, 6.07) is 16.2. The Labute approximate surface area is 138 Å². The van der Waals surface area contributed by atoms with Crippen LogP contribution in [0.15, 0.2) is 53.5 Å². The molecular weight excluding hydrogens is 323 g/mol. The monoisotopic (exact) mass is 336 g/mol. The van der Waals surface area contributed by atoms with Gasteiger partial charge in [0.1, 0.15) is 0 Å². The largest absolute Gasteiger partial charge is 0.334 e. The highest BCUT2D eigenvalue weighted by Crippen LogP contribution is 2.28. The van der Waals surface area contributed by atoms with E-state index in [2.05, 4.69) is 29.6 Å². The number of hydrogen-bond donors (Lipinski definition) is 1. The Hall–Kier alpha value is -1.16. The van der Waals surface area contributed by atoms with Crippen molar-refractivity contribution in [3.05, 3.63) is 64.1 Å². The lowest BCUT2D eigenvalue weighted by Crippen LogP contribution is -2.08. The first-order valence-corrected chi connectivity index (χ1v) is 8.41. The van der Waals surface area contributed by atoms with Crippen molar-refractivity contribution < 1.29 is 0 Å².